The molecule has 2 N–H and O–H groups in total. The Labute approximate surface area is 225 Å². The van der Waals surface area contributed by atoms with Crippen molar-refractivity contribution in [1.82, 2.24) is 24.5 Å². The average Bonchev–Trinajstić information content (AvgIpc) is 3.46. The highest BCUT2D eigenvalue weighted by Gasteiger charge is 2.52. The molecule has 9 nitrogen and oxygen atoms in total. The van der Waals surface area contributed by atoms with E-state index in [4.69, 9.17) is 9.73 Å². The van der Waals surface area contributed by atoms with Crippen molar-refractivity contribution < 1.29 is 14.1 Å². The monoisotopic (exact) mass is 542 g/mol. The number of nitrogens with zero attached hydrogens (tertiary/aromatic N) is 4. The zero-order valence-electron chi connectivity index (χ0n) is 21.9. The van der Waals surface area contributed by atoms with Gasteiger partial charge in [-0.25, -0.2) is 14.8 Å². The van der Waals surface area contributed by atoms with E-state index in [0.717, 1.165) is 52.7 Å². The van der Waals surface area contributed by atoms with Gasteiger partial charge in [-0.05, 0) is 52.7 Å². The van der Waals surface area contributed by atoms with E-state index in [0.29, 0.717) is 12.3 Å². The summed E-state index contributed by atoms with van der Waals surface area (Å²) in [6.07, 6.45) is 7.15. The van der Waals surface area contributed by atoms with Crippen LogP contribution >= 0.6 is 11.8 Å². The van der Waals surface area contributed by atoms with E-state index in [1.165, 1.54) is 11.8 Å². The number of hydrogen-bond donors (Lipinski definition) is 2. The molecule has 2 aromatic heterocycles. The number of ether oxygens (including phenoxy) is 1. The molecule has 0 amide bonds. The average molecular weight is 543 g/mol. The van der Waals surface area contributed by atoms with Gasteiger partial charge in [0.25, 0.3) is 0 Å². The summed E-state index contributed by atoms with van der Waals surface area (Å²) >= 11 is 0.322. The Balaban J connectivity index is 1.32. The third-order valence-electron chi connectivity index (χ3n) is 7.50. The second-order valence-electron chi connectivity index (χ2n) is 10.9. The van der Waals surface area contributed by atoms with Crippen molar-refractivity contribution in [2.24, 2.45) is 10.4 Å². The quantitative estimate of drug-likeness (QED) is 0.447. The number of aliphatic imine (C=N–C) groups is 1. The fourth-order valence-corrected chi connectivity index (χ4v) is 7.31. The number of likely N-dealkylation sites (N-methyl/N-ethyl adjacent to an activating group) is 1. The van der Waals surface area contributed by atoms with E-state index in [2.05, 4.69) is 32.5 Å². The first kappa shape index (κ1) is 26.3. The number of fused-ring (bicyclic) bond motifs is 1. The molecule has 3 aliphatic rings. The van der Waals surface area contributed by atoms with Crippen molar-refractivity contribution in [2.45, 2.75) is 62.3 Å². The lowest BCUT2D eigenvalue weighted by molar-refractivity contribution is 0.0820. The summed E-state index contributed by atoms with van der Waals surface area (Å²) < 4.78 is 22.0. The maximum atomic E-state index is 12.9. The number of piperidine rings is 1. The lowest BCUT2D eigenvalue weighted by atomic mass is 9.73. The van der Waals surface area contributed by atoms with Gasteiger partial charge in [-0.2, -0.15) is 0 Å². The Morgan fingerprint density at radius 2 is 2.08 bits per heavy atom. The topological polar surface area (TPSA) is 109 Å². The summed E-state index contributed by atoms with van der Waals surface area (Å²) in [5.74, 6) is 2.89. The summed E-state index contributed by atoms with van der Waals surface area (Å²) in [6.45, 7) is 10.2. The zero-order chi connectivity index (χ0) is 26.4. The van der Waals surface area contributed by atoms with Gasteiger partial charge in [-0.15, -0.1) is 4.72 Å². The van der Waals surface area contributed by atoms with Gasteiger partial charge < -0.3 is 24.1 Å². The van der Waals surface area contributed by atoms with Gasteiger partial charge in [-0.1, -0.05) is 11.8 Å². The van der Waals surface area contributed by atoms with Crippen molar-refractivity contribution >= 4 is 46.1 Å². The van der Waals surface area contributed by atoms with Crippen LogP contribution in [0.15, 0.2) is 51.2 Å². The lowest BCUT2D eigenvalue weighted by Crippen LogP contribution is -2.58. The molecule has 1 spiro atoms. The van der Waals surface area contributed by atoms with Crippen molar-refractivity contribution in [3.63, 3.8) is 0 Å². The molecule has 0 bridgehead atoms. The number of carbonyl (C=O) groups excluding carboxylic acids is 1. The summed E-state index contributed by atoms with van der Waals surface area (Å²) in [6, 6.07) is 3.95. The van der Waals surface area contributed by atoms with Crippen LogP contribution in [0.3, 0.4) is 0 Å². The largest absolute Gasteiger partial charge is 0.598 e. The van der Waals surface area contributed by atoms with Gasteiger partial charge in [0, 0.05) is 65.8 Å². The summed E-state index contributed by atoms with van der Waals surface area (Å²) in [4.78, 5) is 30.1. The molecular formula is C26H34N6O3S2. The first-order valence-electron chi connectivity index (χ1n) is 12.5. The van der Waals surface area contributed by atoms with Crippen molar-refractivity contribution in [3.05, 3.63) is 41.3 Å². The minimum atomic E-state index is -1.17. The molecule has 2 aromatic rings. The van der Waals surface area contributed by atoms with Gasteiger partial charge in [0.15, 0.2) is 5.94 Å². The number of hydrogen-bond acceptors (Lipinski definition) is 9. The maximum absolute atomic E-state index is 12.9. The number of nitrogens with one attached hydrogen (secondary N) is 2. The van der Waals surface area contributed by atoms with Crippen molar-refractivity contribution in [3.8, 4) is 0 Å². The molecule has 198 valence electrons. The normalized spacial score (nSPS) is 24.9. The SMILES string of the molecule is C[C@@H]1OCC2(CCN(C3=NC=C(Sc4ccnc5[nH]ccc45)C(=C=O)N3C)CC2)[C@@H]1N[S+]([O-])C(C)(C)C. The van der Waals surface area contributed by atoms with E-state index in [1.807, 2.05) is 51.0 Å². The van der Waals surface area contributed by atoms with Gasteiger partial charge in [0.05, 0.1) is 23.7 Å². The van der Waals surface area contributed by atoms with Crippen LogP contribution in [0.4, 0.5) is 0 Å². The van der Waals surface area contributed by atoms with E-state index in [9.17, 15) is 9.35 Å². The van der Waals surface area contributed by atoms with Crippen LogP contribution in [-0.2, 0) is 20.9 Å². The van der Waals surface area contributed by atoms with Crippen LogP contribution in [0.25, 0.3) is 11.0 Å². The molecule has 2 saturated heterocycles. The lowest BCUT2D eigenvalue weighted by Gasteiger charge is -2.45. The molecule has 3 aliphatic heterocycles. The summed E-state index contributed by atoms with van der Waals surface area (Å²) in [7, 11) is 1.87. The molecule has 0 aliphatic carbocycles. The van der Waals surface area contributed by atoms with Gasteiger partial charge >= 0.3 is 0 Å². The highest BCUT2D eigenvalue weighted by Crippen LogP contribution is 2.44. The predicted molar refractivity (Wildman–Crippen MR) is 148 cm³/mol. The Morgan fingerprint density at radius 1 is 1.32 bits per heavy atom. The van der Waals surface area contributed by atoms with Gasteiger partial charge in [-0.3, -0.25) is 0 Å². The number of likely N-dealkylation sites (tertiary alicyclic amines) is 1. The number of aromatic nitrogens is 2. The van der Waals surface area contributed by atoms with Gasteiger partial charge in [0.1, 0.15) is 16.1 Å². The van der Waals surface area contributed by atoms with Crippen LogP contribution in [0, 0.1) is 5.41 Å². The predicted octanol–water partition coefficient (Wildman–Crippen LogP) is 3.43. The van der Waals surface area contributed by atoms with E-state index in [-0.39, 0.29) is 22.3 Å². The third kappa shape index (κ3) is 4.96. The Morgan fingerprint density at radius 3 is 2.78 bits per heavy atom. The number of thioether (sulfide) groups is 1. The van der Waals surface area contributed by atoms with Crippen LogP contribution in [-0.4, -0.2) is 79.9 Å². The molecule has 37 heavy (non-hydrogen) atoms. The highest BCUT2D eigenvalue weighted by atomic mass is 32.2. The minimum absolute atomic E-state index is 0.000611. The molecule has 0 aromatic carbocycles. The molecule has 3 atom stereocenters. The second kappa shape index (κ2) is 10.1. The standard InChI is InChI=1S/C26H34N6O3S2/c1-17-22(30-37(34)25(2,3)4)26(16-35-17)8-12-32(13-9-26)24-29-14-21(19(15-33)31(24)5)36-20-7-11-28-23-18(20)6-10-27-23/h6-7,10-11,14,17,22,30H,8-9,12-13,16H2,1-5H3,(H,27,28)/t17-,22+,37?/m0/s1. The fraction of sp³-hybridized carbons (Fsp3) is 0.538. The van der Waals surface area contributed by atoms with Crippen molar-refractivity contribution in [2.75, 3.05) is 26.7 Å². The minimum Gasteiger partial charge on any atom is -0.598 e. The number of guanidine groups is 1. The first-order valence-corrected chi connectivity index (χ1v) is 14.5. The zero-order valence-corrected chi connectivity index (χ0v) is 23.5. The van der Waals surface area contributed by atoms with Crippen LogP contribution in [0.5, 0.6) is 0 Å². The molecular weight excluding hydrogens is 508 g/mol. The Hall–Kier alpha value is -2.27. The van der Waals surface area contributed by atoms with Gasteiger partial charge in [0.2, 0.25) is 5.96 Å². The van der Waals surface area contributed by atoms with Crippen LogP contribution in [0.1, 0.15) is 40.5 Å². The number of rotatable bonds is 4. The van der Waals surface area contributed by atoms with Crippen molar-refractivity contribution in [1.29, 1.82) is 0 Å². The number of pyridine rings is 1. The third-order valence-corrected chi connectivity index (χ3v) is 10.2. The summed E-state index contributed by atoms with van der Waals surface area (Å²) in [5.41, 5.74) is 1.20. The molecule has 1 unspecified atom stereocenters. The first-order chi connectivity index (χ1) is 17.6. The molecule has 0 radical (unpaired) electrons. The fourth-order valence-electron chi connectivity index (χ4n) is 5.26. The Kier molecular flexibility index (Phi) is 7.21. The molecule has 5 rings (SSSR count). The van der Waals surface area contributed by atoms with E-state index in [1.54, 1.807) is 12.4 Å². The van der Waals surface area contributed by atoms with Crippen LogP contribution in [0.2, 0.25) is 0 Å². The second-order valence-corrected chi connectivity index (χ2v) is 14.0. The number of aromatic amines is 1. The van der Waals surface area contributed by atoms with E-state index < -0.39 is 11.4 Å². The smallest absolute Gasteiger partial charge is 0.206 e. The molecule has 2 fully saturated rings. The maximum Gasteiger partial charge on any atom is 0.206 e. The molecule has 5 heterocycles. The molecule has 11 heteroatoms. The van der Waals surface area contributed by atoms with E-state index >= 15 is 0 Å². The number of H-pyrrole nitrogens is 1. The summed E-state index contributed by atoms with van der Waals surface area (Å²) in [5, 5.41) is 1.00. The molecule has 0 saturated carbocycles. The Bertz CT molecular complexity index is 1270. The highest BCUT2D eigenvalue weighted by molar-refractivity contribution is 8.03. The van der Waals surface area contributed by atoms with Crippen LogP contribution < -0.4 is 4.72 Å².